The maximum absolute atomic E-state index is 12.9. The summed E-state index contributed by atoms with van der Waals surface area (Å²) in [6.07, 6.45) is -4.53. The molecule has 194 valence electrons. The first-order valence-corrected chi connectivity index (χ1v) is 10.8. The number of carboxylic acid groups (broad SMARTS) is 1. The second-order valence-electron chi connectivity index (χ2n) is 7.47. The average Bonchev–Trinajstić information content (AvgIpc) is 2.93. The number of carbonyl (C=O) groups is 5. The first-order valence-electron chi connectivity index (χ1n) is 10.8. The van der Waals surface area contributed by atoms with Crippen LogP contribution >= 0.6 is 0 Å². The van der Waals surface area contributed by atoms with Crippen molar-refractivity contribution in [1.29, 1.82) is 0 Å². The van der Waals surface area contributed by atoms with Gasteiger partial charge in [-0.2, -0.15) is 0 Å². The minimum Gasteiger partial charge on any atom is -0.478 e. The summed E-state index contributed by atoms with van der Waals surface area (Å²) in [6.45, 7) is 0. The Balaban J connectivity index is 1.81. The fourth-order valence-electron chi connectivity index (χ4n) is 3.01. The lowest BCUT2D eigenvalue weighted by Crippen LogP contribution is -2.54. The van der Waals surface area contributed by atoms with Crippen LogP contribution in [0, 0.1) is 10.1 Å². The molecule has 3 rings (SSSR count). The minimum atomic E-state index is -2.30. The topological polar surface area (TPSA) is 191 Å². The molecule has 3 aromatic carbocycles. The molecule has 0 bridgehead atoms. The number of esters is 2. The van der Waals surface area contributed by atoms with Gasteiger partial charge in [0.15, 0.2) is 0 Å². The number of rotatable bonds is 9. The van der Waals surface area contributed by atoms with Gasteiger partial charge in [0.2, 0.25) is 12.2 Å². The van der Waals surface area contributed by atoms with E-state index in [0.717, 1.165) is 24.3 Å². The molecule has 13 heteroatoms. The summed E-state index contributed by atoms with van der Waals surface area (Å²) >= 11 is 0. The van der Waals surface area contributed by atoms with E-state index in [1.165, 1.54) is 48.5 Å². The smallest absolute Gasteiger partial charge is 0.349 e. The Kier molecular flexibility index (Phi) is 8.81. The van der Waals surface area contributed by atoms with E-state index in [1.807, 2.05) is 10.9 Å². The van der Waals surface area contributed by atoms with Crippen LogP contribution in [0.2, 0.25) is 0 Å². The number of nitrogens with one attached hydrogen (secondary N) is 2. The van der Waals surface area contributed by atoms with Crippen LogP contribution in [0.4, 0.5) is 5.69 Å². The van der Waals surface area contributed by atoms with Gasteiger partial charge in [-0.25, -0.2) is 14.4 Å². The first kappa shape index (κ1) is 27.0. The summed E-state index contributed by atoms with van der Waals surface area (Å²) in [6, 6.07) is 19.0. The van der Waals surface area contributed by atoms with Gasteiger partial charge in [-0.05, 0) is 36.4 Å². The summed E-state index contributed by atoms with van der Waals surface area (Å²) in [7, 11) is 0. The van der Waals surface area contributed by atoms with Gasteiger partial charge < -0.3 is 14.6 Å². The summed E-state index contributed by atoms with van der Waals surface area (Å²) in [5, 5.41) is 20.5. The lowest BCUT2D eigenvalue weighted by molar-refractivity contribution is -0.384. The second-order valence-corrected chi connectivity index (χ2v) is 7.47. The fourth-order valence-corrected chi connectivity index (χ4v) is 3.01. The molecule has 0 fully saturated rings. The van der Waals surface area contributed by atoms with E-state index in [4.69, 9.17) is 9.47 Å². The lowest BCUT2D eigenvalue weighted by atomic mass is 10.1. The van der Waals surface area contributed by atoms with Gasteiger partial charge >= 0.3 is 17.9 Å². The number of nitrogens with zero attached hydrogens (tertiary/aromatic N) is 1. The van der Waals surface area contributed by atoms with Gasteiger partial charge in [0.05, 0.1) is 16.1 Å². The molecule has 0 aliphatic rings. The fraction of sp³-hybridized carbons (Fsp3) is 0.0800. The van der Waals surface area contributed by atoms with Gasteiger partial charge in [0.25, 0.3) is 17.5 Å². The number of nitro benzene ring substituents is 1. The van der Waals surface area contributed by atoms with Crippen molar-refractivity contribution in [3.63, 3.8) is 0 Å². The number of benzene rings is 3. The van der Waals surface area contributed by atoms with Crippen molar-refractivity contribution < 1.29 is 43.5 Å². The number of nitro groups is 1. The number of hydrogen-bond acceptors (Lipinski definition) is 9. The van der Waals surface area contributed by atoms with Crippen molar-refractivity contribution in [3.05, 3.63) is 112 Å². The number of carbonyl (C=O) groups excluding carboxylic acids is 4. The molecule has 3 aromatic rings. The molecule has 0 aromatic heterocycles. The maximum Gasteiger partial charge on any atom is 0.349 e. The van der Waals surface area contributed by atoms with Gasteiger partial charge in [-0.1, -0.05) is 36.4 Å². The Morgan fingerprint density at radius 1 is 0.684 bits per heavy atom. The third-order valence-electron chi connectivity index (χ3n) is 4.90. The Morgan fingerprint density at radius 2 is 1.16 bits per heavy atom. The summed E-state index contributed by atoms with van der Waals surface area (Å²) in [4.78, 5) is 72.5. The molecule has 38 heavy (non-hydrogen) atoms. The monoisotopic (exact) mass is 521 g/mol. The molecule has 3 N–H and O–H groups in total. The summed E-state index contributed by atoms with van der Waals surface area (Å²) in [5.74, 6) is -6.28. The van der Waals surface area contributed by atoms with Gasteiger partial charge in [0, 0.05) is 17.7 Å². The van der Waals surface area contributed by atoms with E-state index >= 15 is 0 Å². The Morgan fingerprint density at radius 3 is 1.61 bits per heavy atom. The van der Waals surface area contributed by atoms with Gasteiger partial charge in [-0.3, -0.25) is 30.6 Å². The number of aliphatic carboxylic acids is 1. The molecule has 0 spiro atoms. The molecule has 0 saturated carbocycles. The highest BCUT2D eigenvalue weighted by Crippen LogP contribution is 2.14. The molecule has 2 atom stereocenters. The van der Waals surface area contributed by atoms with E-state index < -0.39 is 46.9 Å². The van der Waals surface area contributed by atoms with Crippen LogP contribution in [-0.2, 0) is 19.1 Å². The summed E-state index contributed by atoms with van der Waals surface area (Å²) in [5.41, 5.74) is 3.49. The summed E-state index contributed by atoms with van der Waals surface area (Å²) < 4.78 is 10.1. The lowest BCUT2D eigenvalue weighted by Gasteiger charge is -2.23. The number of hydrogen-bond donors (Lipinski definition) is 3. The maximum atomic E-state index is 12.9. The first-order chi connectivity index (χ1) is 18.2. The third-order valence-corrected chi connectivity index (χ3v) is 4.90. The Labute approximate surface area is 214 Å². The van der Waals surface area contributed by atoms with Crippen molar-refractivity contribution in [3.8, 4) is 0 Å². The largest absolute Gasteiger partial charge is 0.478 e. The van der Waals surface area contributed by atoms with E-state index in [2.05, 4.69) is 0 Å². The number of ether oxygens (including phenoxy) is 2. The number of hydrazine groups is 1. The zero-order valence-electron chi connectivity index (χ0n) is 19.3. The number of carboxylic acids is 1. The number of amides is 2. The average molecular weight is 521 g/mol. The van der Waals surface area contributed by atoms with Crippen LogP contribution in [0.25, 0.3) is 0 Å². The van der Waals surface area contributed by atoms with E-state index in [9.17, 15) is 39.2 Å². The molecule has 0 saturated heterocycles. The SMILES string of the molecule is O=C(NNC(=O)[C@H](OC(=O)c1ccccc1)[C@H](OC(=O)c1ccccc1)C(=O)O)c1ccc([N+](=O)[O-])cc1. The predicted octanol–water partition coefficient (Wildman–Crippen LogP) is 1.89. The van der Waals surface area contributed by atoms with Crippen LogP contribution in [-0.4, -0.2) is 52.0 Å². The molecule has 0 unspecified atom stereocenters. The number of non-ortho nitro benzene ring substituents is 1. The Hall–Kier alpha value is -5.59. The van der Waals surface area contributed by atoms with Crippen molar-refractivity contribution in [1.82, 2.24) is 10.9 Å². The van der Waals surface area contributed by atoms with Crippen LogP contribution in [0.1, 0.15) is 31.1 Å². The van der Waals surface area contributed by atoms with Crippen molar-refractivity contribution in [2.45, 2.75) is 12.2 Å². The van der Waals surface area contributed by atoms with Gasteiger partial charge in [-0.15, -0.1) is 0 Å². The quantitative estimate of drug-likeness (QED) is 0.213. The normalized spacial score (nSPS) is 11.8. The van der Waals surface area contributed by atoms with Gasteiger partial charge in [0.1, 0.15) is 0 Å². The molecule has 0 radical (unpaired) electrons. The molecular formula is C25H19N3O10. The molecule has 13 nitrogen and oxygen atoms in total. The zero-order valence-corrected chi connectivity index (χ0v) is 19.3. The van der Waals surface area contributed by atoms with Crippen LogP contribution in [0.3, 0.4) is 0 Å². The Bertz CT molecular complexity index is 1340. The van der Waals surface area contributed by atoms with Crippen molar-refractivity contribution in [2.24, 2.45) is 0 Å². The molecule has 2 amide bonds. The molecule has 0 aliphatic heterocycles. The van der Waals surface area contributed by atoms with Crippen molar-refractivity contribution >= 4 is 35.4 Å². The van der Waals surface area contributed by atoms with Crippen molar-refractivity contribution in [2.75, 3.05) is 0 Å². The second kappa shape index (κ2) is 12.4. The molecule has 0 heterocycles. The van der Waals surface area contributed by atoms with E-state index in [-0.39, 0.29) is 22.4 Å². The molecule has 0 aliphatic carbocycles. The van der Waals surface area contributed by atoms with Crippen LogP contribution < -0.4 is 10.9 Å². The van der Waals surface area contributed by atoms with Crippen LogP contribution in [0.15, 0.2) is 84.9 Å². The highest BCUT2D eigenvalue weighted by molar-refractivity contribution is 5.99. The third kappa shape index (κ3) is 6.97. The highest BCUT2D eigenvalue weighted by Gasteiger charge is 2.41. The van der Waals surface area contributed by atoms with Crippen LogP contribution in [0.5, 0.6) is 0 Å². The molecular weight excluding hydrogens is 502 g/mol. The van der Waals surface area contributed by atoms with E-state index in [1.54, 1.807) is 12.1 Å². The predicted molar refractivity (Wildman–Crippen MR) is 128 cm³/mol. The zero-order chi connectivity index (χ0) is 27.7. The standard InChI is InChI=1S/C25H19N3O10/c29-21(15-11-13-18(14-12-15)28(35)36)26-27-22(30)19(37-24(33)16-7-3-1-4-8-16)20(23(31)32)38-25(34)17-9-5-2-6-10-17/h1-14,19-20H,(H,26,29)(H,27,30)(H,31,32)/t19-,20+/m1/s1. The van der Waals surface area contributed by atoms with E-state index in [0.29, 0.717) is 0 Å². The highest BCUT2D eigenvalue weighted by atomic mass is 16.6. The minimum absolute atomic E-state index is 0.0289.